The van der Waals surface area contributed by atoms with Gasteiger partial charge >= 0.3 is 5.69 Å². The standard InChI is InChI=1S/C21H33N5O3/c1-6-13-24-16-22-18-17(24)19(27)26(20(28)25(18)7-2)15-9-8-11-21(3,29)12-10-14-23(4)5/h16,29H,6-9,11,13-15H2,1-5H3. The Kier molecular flexibility index (Phi) is 7.82. The molecule has 0 amide bonds. The number of nitrogens with zero attached hydrogens (tertiary/aromatic N) is 5. The molecule has 160 valence electrons. The van der Waals surface area contributed by atoms with Gasteiger partial charge in [-0.05, 0) is 53.6 Å². The molecule has 0 aliphatic carbocycles. The van der Waals surface area contributed by atoms with Gasteiger partial charge in [0, 0.05) is 19.6 Å². The second kappa shape index (κ2) is 9.90. The quantitative estimate of drug-likeness (QED) is 0.504. The lowest BCUT2D eigenvalue weighted by Crippen LogP contribution is -2.40. The van der Waals surface area contributed by atoms with Crippen LogP contribution >= 0.6 is 0 Å². The summed E-state index contributed by atoms with van der Waals surface area (Å²) in [6.07, 6.45) is 4.26. The minimum atomic E-state index is -1.08. The third-order valence-corrected chi connectivity index (χ3v) is 4.81. The van der Waals surface area contributed by atoms with Gasteiger partial charge in [0.1, 0.15) is 5.60 Å². The van der Waals surface area contributed by atoms with E-state index in [9.17, 15) is 14.7 Å². The molecule has 2 heterocycles. The summed E-state index contributed by atoms with van der Waals surface area (Å²) in [4.78, 5) is 32.0. The second-order valence-corrected chi connectivity index (χ2v) is 7.86. The smallest absolute Gasteiger partial charge is 0.332 e. The maximum absolute atomic E-state index is 13.0. The molecule has 8 heteroatoms. The van der Waals surface area contributed by atoms with Crippen molar-refractivity contribution >= 4 is 11.2 Å². The fourth-order valence-corrected chi connectivity index (χ4v) is 3.32. The van der Waals surface area contributed by atoms with Gasteiger partial charge in [0.25, 0.3) is 5.56 Å². The maximum atomic E-state index is 13.0. The fourth-order valence-electron chi connectivity index (χ4n) is 3.32. The van der Waals surface area contributed by atoms with Crippen LogP contribution in [0.25, 0.3) is 11.2 Å². The van der Waals surface area contributed by atoms with Gasteiger partial charge in [0.15, 0.2) is 11.2 Å². The first-order valence-corrected chi connectivity index (χ1v) is 10.3. The van der Waals surface area contributed by atoms with Crippen molar-refractivity contribution in [3.63, 3.8) is 0 Å². The zero-order valence-electron chi connectivity index (χ0n) is 18.2. The van der Waals surface area contributed by atoms with E-state index in [0.29, 0.717) is 56.6 Å². The van der Waals surface area contributed by atoms with E-state index in [2.05, 4.69) is 16.8 Å². The van der Waals surface area contributed by atoms with E-state index in [-0.39, 0.29) is 11.2 Å². The minimum Gasteiger partial charge on any atom is -0.378 e. The molecule has 0 aliphatic rings. The number of aryl methyl sites for hydroxylation is 2. The van der Waals surface area contributed by atoms with E-state index in [0.717, 1.165) is 6.42 Å². The zero-order chi connectivity index (χ0) is 21.6. The summed E-state index contributed by atoms with van der Waals surface area (Å²) in [5, 5.41) is 10.4. The highest BCUT2D eigenvalue weighted by Crippen LogP contribution is 2.13. The Balaban J connectivity index is 2.17. The van der Waals surface area contributed by atoms with Gasteiger partial charge in [-0.3, -0.25) is 18.8 Å². The van der Waals surface area contributed by atoms with Crippen LogP contribution in [0.3, 0.4) is 0 Å². The molecule has 2 rings (SSSR count). The SMILES string of the molecule is CCCn1cnc2c1c(=O)n(CCCCC(C)(O)C#CCN(C)C)c(=O)n2CC. The molecule has 0 saturated heterocycles. The number of aliphatic hydroxyl groups is 1. The molecule has 1 N–H and O–H groups in total. The Morgan fingerprint density at radius 3 is 2.52 bits per heavy atom. The van der Waals surface area contributed by atoms with E-state index >= 15 is 0 Å². The van der Waals surface area contributed by atoms with Crippen molar-refractivity contribution in [2.75, 3.05) is 20.6 Å². The Hall–Kier alpha value is -2.37. The molecule has 0 saturated carbocycles. The van der Waals surface area contributed by atoms with Crippen LogP contribution in [-0.2, 0) is 19.6 Å². The van der Waals surface area contributed by atoms with Crippen molar-refractivity contribution in [3.05, 3.63) is 27.2 Å². The minimum absolute atomic E-state index is 0.293. The number of unbranched alkanes of at least 4 members (excludes halogenated alkanes) is 1. The first kappa shape index (κ1) is 22.9. The normalized spacial score (nSPS) is 13.5. The van der Waals surface area contributed by atoms with Gasteiger partial charge in [-0.25, -0.2) is 9.78 Å². The van der Waals surface area contributed by atoms with Gasteiger partial charge in [0.05, 0.1) is 12.9 Å². The molecule has 0 radical (unpaired) electrons. The summed E-state index contributed by atoms with van der Waals surface area (Å²) < 4.78 is 4.67. The van der Waals surface area contributed by atoms with Gasteiger partial charge in [-0.1, -0.05) is 18.8 Å². The Bertz CT molecular complexity index is 1000. The van der Waals surface area contributed by atoms with Crippen molar-refractivity contribution in [2.24, 2.45) is 0 Å². The fraction of sp³-hybridized carbons (Fsp3) is 0.667. The summed E-state index contributed by atoms with van der Waals surface area (Å²) in [6, 6.07) is 0. The molecule has 0 spiro atoms. The zero-order valence-corrected chi connectivity index (χ0v) is 18.2. The average Bonchev–Trinajstić information content (AvgIpc) is 3.05. The highest BCUT2D eigenvalue weighted by molar-refractivity contribution is 5.70. The lowest BCUT2D eigenvalue weighted by atomic mass is 9.99. The van der Waals surface area contributed by atoms with E-state index in [1.165, 1.54) is 4.57 Å². The van der Waals surface area contributed by atoms with Crippen LogP contribution in [0, 0.1) is 11.8 Å². The van der Waals surface area contributed by atoms with E-state index in [1.807, 2.05) is 37.4 Å². The van der Waals surface area contributed by atoms with E-state index < -0.39 is 5.60 Å². The van der Waals surface area contributed by atoms with Crippen LogP contribution in [0.2, 0.25) is 0 Å². The second-order valence-electron chi connectivity index (χ2n) is 7.86. The highest BCUT2D eigenvalue weighted by Gasteiger charge is 2.18. The Labute approximate surface area is 171 Å². The molecular weight excluding hydrogens is 370 g/mol. The molecule has 2 aromatic rings. The molecular formula is C21H33N5O3. The molecule has 29 heavy (non-hydrogen) atoms. The van der Waals surface area contributed by atoms with Crippen LogP contribution in [-0.4, -0.2) is 54.9 Å². The third-order valence-electron chi connectivity index (χ3n) is 4.81. The van der Waals surface area contributed by atoms with Crippen molar-refractivity contribution in [1.29, 1.82) is 0 Å². The molecule has 0 aliphatic heterocycles. The number of fused-ring (bicyclic) bond motifs is 1. The first-order chi connectivity index (χ1) is 13.7. The molecule has 1 unspecified atom stereocenters. The average molecular weight is 404 g/mol. The number of hydrogen-bond acceptors (Lipinski definition) is 5. The number of rotatable bonds is 9. The van der Waals surface area contributed by atoms with Crippen molar-refractivity contribution in [1.82, 2.24) is 23.6 Å². The number of hydrogen-bond donors (Lipinski definition) is 1. The van der Waals surface area contributed by atoms with Crippen LogP contribution in [0.5, 0.6) is 0 Å². The van der Waals surface area contributed by atoms with Gasteiger partial charge in [0.2, 0.25) is 0 Å². The number of imidazole rings is 1. The topological polar surface area (TPSA) is 85.3 Å². The number of aromatic nitrogens is 4. The molecule has 0 fully saturated rings. The first-order valence-electron chi connectivity index (χ1n) is 10.3. The maximum Gasteiger partial charge on any atom is 0.332 e. The van der Waals surface area contributed by atoms with Crippen LogP contribution < -0.4 is 11.2 Å². The van der Waals surface area contributed by atoms with Crippen molar-refractivity contribution < 1.29 is 5.11 Å². The van der Waals surface area contributed by atoms with Gasteiger partial charge < -0.3 is 9.67 Å². The third kappa shape index (κ3) is 5.58. The molecule has 2 aromatic heterocycles. The summed E-state index contributed by atoms with van der Waals surface area (Å²) in [7, 11) is 3.85. The summed E-state index contributed by atoms with van der Waals surface area (Å²) in [6.45, 7) is 7.64. The Morgan fingerprint density at radius 1 is 1.17 bits per heavy atom. The van der Waals surface area contributed by atoms with Crippen LogP contribution in [0.15, 0.2) is 15.9 Å². The van der Waals surface area contributed by atoms with Gasteiger partial charge in [-0.15, -0.1) is 0 Å². The summed E-state index contributed by atoms with van der Waals surface area (Å²) >= 11 is 0. The Morgan fingerprint density at radius 2 is 1.90 bits per heavy atom. The predicted molar refractivity (Wildman–Crippen MR) is 115 cm³/mol. The summed E-state index contributed by atoms with van der Waals surface area (Å²) in [5.74, 6) is 5.85. The largest absolute Gasteiger partial charge is 0.378 e. The molecule has 1 atom stereocenters. The molecule has 0 bridgehead atoms. The predicted octanol–water partition coefficient (Wildman–Crippen LogP) is 1.28. The van der Waals surface area contributed by atoms with Crippen LogP contribution in [0.1, 0.15) is 46.5 Å². The van der Waals surface area contributed by atoms with Crippen molar-refractivity contribution in [2.45, 2.75) is 71.7 Å². The van der Waals surface area contributed by atoms with E-state index in [1.54, 1.807) is 17.8 Å². The molecule has 8 nitrogen and oxygen atoms in total. The summed E-state index contributed by atoms with van der Waals surface area (Å²) in [5.41, 5.74) is -0.766. The van der Waals surface area contributed by atoms with E-state index in [4.69, 9.17) is 0 Å². The van der Waals surface area contributed by atoms with Gasteiger partial charge in [-0.2, -0.15) is 0 Å². The molecule has 0 aromatic carbocycles. The monoisotopic (exact) mass is 403 g/mol. The van der Waals surface area contributed by atoms with Crippen molar-refractivity contribution in [3.8, 4) is 11.8 Å². The highest BCUT2D eigenvalue weighted by atomic mass is 16.3. The van der Waals surface area contributed by atoms with Crippen LogP contribution in [0.4, 0.5) is 0 Å². The lowest BCUT2D eigenvalue weighted by molar-refractivity contribution is 0.108. The lowest BCUT2D eigenvalue weighted by Gasteiger charge is -2.16.